The molecule has 168 valence electrons. The van der Waals surface area contributed by atoms with Crippen molar-refractivity contribution in [3.63, 3.8) is 0 Å². The van der Waals surface area contributed by atoms with Gasteiger partial charge in [-0.05, 0) is 48.2 Å². The third-order valence-corrected chi connectivity index (χ3v) is 5.78. The number of nitrogens with one attached hydrogen (secondary N) is 1. The van der Waals surface area contributed by atoms with Gasteiger partial charge in [0, 0.05) is 5.69 Å². The molecule has 0 radical (unpaired) electrons. The molecule has 0 bridgehead atoms. The van der Waals surface area contributed by atoms with Crippen molar-refractivity contribution in [2.75, 3.05) is 29.0 Å². The zero-order chi connectivity index (χ0) is 23.0. The Morgan fingerprint density at radius 1 is 1.06 bits per heavy atom. The van der Waals surface area contributed by atoms with Gasteiger partial charge in [0.1, 0.15) is 6.54 Å². The Morgan fingerprint density at radius 3 is 2.29 bits per heavy atom. The minimum atomic E-state index is -3.68. The molecular weight excluding hydrogens is 416 g/mol. The fourth-order valence-electron chi connectivity index (χ4n) is 3.00. The molecule has 1 N–H and O–H groups in total. The Hall–Kier alpha value is -2.87. The highest BCUT2D eigenvalue weighted by molar-refractivity contribution is 7.92. The Kier molecular flexibility index (Phi) is 8.62. The molecule has 0 aliphatic rings. The molecule has 31 heavy (non-hydrogen) atoms. The molecule has 0 heterocycles. The van der Waals surface area contributed by atoms with Crippen LogP contribution < -0.4 is 9.62 Å². The molecule has 0 aliphatic heterocycles. The maximum absolute atomic E-state index is 12.6. The maximum Gasteiger partial charge on any atom is 0.338 e. The van der Waals surface area contributed by atoms with E-state index in [0.717, 1.165) is 29.0 Å². The van der Waals surface area contributed by atoms with Gasteiger partial charge in [0.15, 0.2) is 0 Å². The van der Waals surface area contributed by atoms with Crippen LogP contribution in [0.1, 0.15) is 55.5 Å². The molecule has 0 atom stereocenters. The Labute approximate surface area is 184 Å². The van der Waals surface area contributed by atoms with E-state index in [4.69, 9.17) is 4.74 Å². The predicted molar refractivity (Wildman–Crippen MR) is 123 cm³/mol. The average molecular weight is 447 g/mol. The average Bonchev–Trinajstić information content (AvgIpc) is 2.72. The fraction of sp³-hybridized carbons (Fsp3) is 0.391. The van der Waals surface area contributed by atoms with Gasteiger partial charge in [-0.3, -0.25) is 9.10 Å². The number of hydrogen-bond acceptors (Lipinski definition) is 5. The summed E-state index contributed by atoms with van der Waals surface area (Å²) in [7, 11) is -3.68. The van der Waals surface area contributed by atoms with Gasteiger partial charge in [0.05, 0.1) is 24.1 Å². The number of ether oxygens (including phenoxy) is 1. The van der Waals surface area contributed by atoms with E-state index in [9.17, 15) is 18.0 Å². The number of esters is 1. The first-order chi connectivity index (χ1) is 14.6. The van der Waals surface area contributed by atoms with Gasteiger partial charge in [0.2, 0.25) is 15.9 Å². The second-order valence-electron chi connectivity index (χ2n) is 7.60. The number of sulfonamides is 1. The first-order valence-electron chi connectivity index (χ1n) is 10.3. The minimum Gasteiger partial charge on any atom is -0.462 e. The molecule has 0 saturated carbocycles. The standard InChI is InChI=1S/C23H30N2O5S/c1-5-6-15-30-23(27)18-11-13-19(14-12-18)24-22(26)16-25(31(4,28)29)21-10-8-7-9-20(21)17(2)3/h7-14,17H,5-6,15-16H2,1-4H3,(H,24,26). The molecule has 0 aliphatic carbocycles. The van der Waals surface area contributed by atoms with E-state index < -0.39 is 21.9 Å². The minimum absolute atomic E-state index is 0.0909. The highest BCUT2D eigenvalue weighted by atomic mass is 32.2. The van der Waals surface area contributed by atoms with E-state index >= 15 is 0 Å². The van der Waals surface area contributed by atoms with Crippen LogP contribution in [0, 0.1) is 0 Å². The topological polar surface area (TPSA) is 92.8 Å². The molecule has 0 aromatic heterocycles. The predicted octanol–water partition coefficient (Wildman–Crippen LogP) is 4.17. The van der Waals surface area contributed by atoms with E-state index in [1.165, 1.54) is 0 Å². The normalized spacial score (nSPS) is 11.3. The second-order valence-corrected chi connectivity index (χ2v) is 9.50. The smallest absolute Gasteiger partial charge is 0.338 e. The number of amides is 1. The molecule has 1 amide bonds. The number of benzene rings is 2. The summed E-state index contributed by atoms with van der Waals surface area (Å²) in [6.45, 7) is 5.95. The summed E-state index contributed by atoms with van der Waals surface area (Å²) in [5.41, 5.74) is 2.17. The molecule has 0 saturated heterocycles. The van der Waals surface area contributed by atoms with Crippen molar-refractivity contribution in [3.8, 4) is 0 Å². The third kappa shape index (κ3) is 7.10. The lowest BCUT2D eigenvalue weighted by Gasteiger charge is -2.25. The maximum atomic E-state index is 12.6. The van der Waals surface area contributed by atoms with Crippen LogP contribution in [0.15, 0.2) is 48.5 Å². The van der Waals surface area contributed by atoms with Gasteiger partial charge in [0.25, 0.3) is 0 Å². The lowest BCUT2D eigenvalue weighted by atomic mass is 10.0. The van der Waals surface area contributed by atoms with E-state index in [1.54, 1.807) is 36.4 Å². The molecule has 0 fully saturated rings. The number of carbonyl (C=O) groups is 2. The van der Waals surface area contributed by atoms with Gasteiger partial charge in [-0.15, -0.1) is 0 Å². The number of para-hydroxylation sites is 1. The number of unbranched alkanes of at least 4 members (excludes halogenated alkanes) is 1. The van der Waals surface area contributed by atoms with E-state index in [2.05, 4.69) is 5.32 Å². The van der Waals surface area contributed by atoms with Gasteiger partial charge in [-0.25, -0.2) is 13.2 Å². The van der Waals surface area contributed by atoms with Crippen LogP contribution in [-0.4, -0.2) is 39.7 Å². The molecule has 0 spiro atoms. The highest BCUT2D eigenvalue weighted by Gasteiger charge is 2.24. The van der Waals surface area contributed by atoms with Crippen molar-refractivity contribution in [1.82, 2.24) is 0 Å². The summed E-state index contributed by atoms with van der Waals surface area (Å²) in [4.78, 5) is 24.6. The van der Waals surface area contributed by atoms with Crippen LogP contribution in [0.4, 0.5) is 11.4 Å². The van der Waals surface area contributed by atoms with Crippen molar-refractivity contribution >= 4 is 33.3 Å². The summed E-state index contributed by atoms with van der Waals surface area (Å²) in [5, 5.41) is 2.68. The molecule has 0 unspecified atom stereocenters. The molecule has 2 rings (SSSR count). The van der Waals surface area contributed by atoms with Gasteiger partial charge in [-0.1, -0.05) is 45.4 Å². The quantitative estimate of drug-likeness (QED) is 0.437. The van der Waals surface area contributed by atoms with Crippen LogP contribution in [0.3, 0.4) is 0 Å². The molecule has 7 nitrogen and oxygen atoms in total. The summed E-state index contributed by atoms with van der Waals surface area (Å²) in [5.74, 6) is -0.810. The van der Waals surface area contributed by atoms with Crippen molar-refractivity contribution in [2.24, 2.45) is 0 Å². The molecular formula is C23H30N2O5S. The Balaban J connectivity index is 2.11. The third-order valence-electron chi connectivity index (χ3n) is 4.65. The van der Waals surface area contributed by atoms with Crippen molar-refractivity contribution < 1.29 is 22.7 Å². The lowest BCUT2D eigenvalue weighted by molar-refractivity contribution is -0.114. The largest absolute Gasteiger partial charge is 0.462 e. The zero-order valence-corrected chi connectivity index (χ0v) is 19.2. The van der Waals surface area contributed by atoms with Gasteiger partial charge >= 0.3 is 5.97 Å². The summed E-state index contributed by atoms with van der Waals surface area (Å²) in [6.07, 6.45) is 2.82. The van der Waals surface area contributed by atoms with Crippen molar-refractivity contribution in [3.05, 3.63) is 59.7 Å². The van der Waals surface area contributed by atoms with E-state index in [0.29, 0.717) is 23.5 Å². The van der Waals surface area contributed by atoms with Crippen LogP contribution in [0.25, 0.3) is 0 Å². The number of hydrogen-bond donors (Lipinski definition) is 1. The summed E-state index contributed by atoms with van der Waals surface area (Å²) >= 11 is 0. The number of nitrogens with zero attached hydrogens (tertiary/aromatic N) is 1. The summed E-state index contributed by atoms with van der Waals surface area (Å²) in [6, 6.07) is 13.4. The Bertz CT molecular complexity index is 1000. The first kappa shape index (κ1) is 24.4. The Morgan fingerprint density at radius 2 is 1.71 bits per heavy atom. The zero-order valence-electron chi connectivity index (χ0n) is 18.4. The number of rotatable bonds is 10. The van der Waals surface area contributed by atoms with Crippen LogP contribution >= 0.6 is 0 Å². The van der Waals surface area contributed by atoms with E-state index in [-0.39, 0.29) is 12.5 Å². The fourth-order valence-corrected chi connectivity index (χ4v) is 3.87. The lowest BCUT2D eigenvalue weighted by Crippen LogP contribution is -2.38. The number of carbonyl (C=O) groups excluding carboxylic acids is 2. The van der Waals surface area contributed by atoms with Crippen molar-refractivity contribution in [1.29, 1.82) is 0 Å². The summed E-state index contributed by atoms with van der Waals surface area (Å²) < 4.78 is 31.1. The van der Waals surface area contributed by atoms with E-state index in [1.807, 2.05) is 32.9 Å². The SMILES string of the molecule is CCCCOC(=O)c1ccc(NC(=O)CN(c2ccccc2C(C)C)S(C)(=O)=O)cc1. The second kappa shape index (κ2) is 10.9. The number of anilines is 2. The first-order valence-corrected chi connectivity index (χ1v) is 12.1. The van der Waals surface area contributed by atoms with Gasteiger partial charge in [-0.2, -0.15) is 0 Å². The molecule has 2 aromatic carbocycles. The van der Waals surface area contributed by atoms with Crippen LogP contribution in [0.5, 0.6) is 0 Å². The highest BCUT2D eigenvalue weighted by Crippen LogP contribution is 2.29. The van der Waals surface area contributed by atoms with Crippen LogP contribution in [-0.2, 0) is 19.6 Å². The molecule has 2 aromatic rings. The molecule has 8 heteroatoms. The monoisotopic (exact) mass is 446 g/mol. The van der Waals surface area contributed by atoms with Crippen LogP contribution in [0.2, 0.25) is 0 Å². The van der Waals surface area contributed by atoms with Gasteiger partial charge < -0.3 is 10.1 Å². The van der Waals surface area contributed by atoms with Crippen molar-refractivity contribution in [2.45, 2.75) is 39.5 Å².